The largest absolute Gasteiger partial charge is 0.318 e. The van der Waals surface area contributed by atoms with Gasteiger partial charge in [-0.05, 0) is 55.7 Å². The third-order valence-corrected chi connectivity index (χ3v) is 4.09. The van der Waals surface area contributed by atoms with Crippen LogP contribution in [0.25, 0.3) is 0 Å². The van der Waals surface area contributed by atoms with Gasteiger partial charge in [0.15, 0.2) is 5.78 Å². The van der Waals surface area contributed by atoms with Crippen molar-refractivity contribution in [3.8, 4) is 0 Å². The molecule has 5 heteroatoms. The number of carbonyl (C=O) groups excluding carboxylic acids is 3. The fraction of sp³-hybridized carbons (Fsp3) is 0.211. The average Bonchev–Trinajstić information content (AvgIpc) is 2.52. The number of Topliss-reactive ketones (excluding diaryl/α,β-unsaturated/α-hetero) is 2. The molecular weight excluding hydrogens is 326 g/mol. The van der Waals surface area contributed by atoms with Crippen molar-refractivity contribution in [1.82, 2.24) is 0 Å². The highest BCUT2D eigenvalue weighted by molar-refractivity contribution is 6.45. The summed E-state index contributed by atoms with van der Waals surface area (Å²) in [5, 5.41) is 2.79. The first-order chi connectivity index (χ1) is 11.3. The van der Waals surface area contributed by atoms with E-state index in [2.05, 4.69) is 5.32 Å². The molecule has 0 fully saturated rings. The summed E-state index contributed by atoms with van der Waals surface area (Å²) in [6, 6.07) is 10.3. The molecule has 0 atom stereocenters. The second-order valence-corrected chi connectivity index (χ2v) is 6.17. The monoisotopic (exact) mass is 343 g/mol. The lowest BCUT2D eigenvalue weighted by Crippen LogP contribution is -2.25. The van der Waals surface area contributed by atoms with Gasteiger partial charge >= 0.3 is 0 Å². The molecule has 0 aliphatic heterocycles. The zero-order valence-corrected chi connectivity index (χ0v) is 14.5. The first kappa shape index (κ1) is 17.9. The van der Waals surface area contributed by atoms with E-state index in [4.69, 9.17) is 11.6 Å². The SMILES string of the molecule is Cc1ccc(NC(=O)C(=O)CC(=O)c2ccc(C)c(C)c2)c(Cl)c1. The highest BCUT2D eigenvalue weighted by Crippen LogP contribution is 2.22. The minimum atomic E-state index is -0.849. The van der Waals surface area contributed by atoms with Gasteiger partial charge in [-0.2, -0.15) is 0 Å². The maximum Gasteiger partial charge on any atom is 0.292 e. The molecule has 0 unspecified atom stereocenters. The Labute approximate surface area is 145 Å². The molecule has 0 aliphatic rings. The minimum Gasteiger partial charge on any atom is -0.318 e. The van der Waals surface area contributed by atoms with Crippen LogP contribution in [0.4, 0.5) is 5.69 Å². The van der Waals surface area contributed by atoms with Gasteiger partial charge in [0.1, 0.15) is 0 Å². The predicted octanol–water partition coefficient (Wildman–Crippen LogP) is 4.05. The summed E-state index contributed by atoms with van der Waals surface area (Å²) >= 11 is 6.02. The van der Waals surface area contributed by atoms with E-state index >= 15 is 0 Å². The van der Waals surface area contributed by atoms with Crippen LogP contribution in [0.15, 0.2) is 36.4 Å². The molecule has 0 bridgehead atoms. The van der Waals surface area contributed by atoms with Crippen LogP contribution < -0.4 is 5.32 Å². The van der Waals surface area contributed by atoms with Gasteiger partial charge in [0.2, 0.25) is 5.78 Å². The van der Waals surface area contributed by atoms with Gasteiger partial charge in [-0.1, -0.05) is 29.8 Å². The lowest BCUT2D eigenvalue weighted by molar-refractivity contribution is -0.134. The van der Waals surface area contributed by atoms with Crippen LogP contribution in [0.1, 0.15) is 33.5 Å². The molecule has 0 aromatic heterocycles. The summed E-state index contributed by atoms with van der Waals surface area (Å²) in [6.07, 6.45) is -0.474. The summed E-state index contributed by atoms with van der Waals surface area (Å²) < 4.78 is 0. The standard InChI is InChI=1S/C19H18ClNO3/c1-11-4-7-16(15(20)8-11)21-19(24)18(23)10-17(22)14-6-5-12(2)13(3)9-14/h4-9H,10H2,1-3H3,(H,21,24). The minimum absolute atomic E-state index is 0.344. The Morgan fingerprint density at radius 2 is 1.67 bits per heavy atom. The zero-order chi connectivity index (χ0) is 17.9. The number of hydrogen-bond acceptors (Lipinski definition) is 3. The maximum absolute atomic E-state index is 12.2. The molecule has 0 heterocycles. The molecule has 0 spiro atoms. The Hall–Kier alpha value is -2.46. The van der Waals surface area contributed by atoms with Crippen LogP contribution in [0, 0.1) is 20.8 Å². The van der Waals surface area contributed by atoms with E-state index in [1.165, 1.54) is 0 Å². The van der Waals surface area contributed by atoms with Gasteiger partial charge < -0.3 is 5.32 Å². The number of carbonyl (C=O) groups is 3. The first-order valence-electron chi connectivity index (χ1n) is 7.48. The van der Waals surface area contributed by atoms with Gasteiger partial charge in [-0.15, -0.1) is 0 Å². The van der Waals surface area contributed by atoms with Crippen molar-refractivity contribution >= 4 is 34.8 Å². The van der Waals surface area contributed by atoms with E-state index in [-0.39, 0.29) is 5.78 Å². The molecule has 1 N–H and O–H groups in total. The van der Waals surface area contributed by atoms with Crippen LogP contribution >= 0.6 is 11.6 Å². The lowest BCUT2D eigenvalue weighted by atomic mass is 10.0. The third kappa shape index (κ3) is 4.30. The second-order valence-electron chi connectivity index (χ2n) is 5.76. The molecule has 0 radical (unpaired) electrons. The summed E-state index contributed by atoms with van der Waals surface area (Å²) in [4.78, 5) is 36.1. The van der Waals surface area contributed by atoms with E-state index in [0.29, 0.717) is 16.3 Å². The Morgan fingerprint density at radius 1 is 0.958 bits per heavy atom. The molecule has 0 aliphatic carbocycles. The van der Waals surface area contributed by atoms with Crippen LogP contribution in [0.3, 0.4) is 0 Å². The molecule has 1 amide bonds. The highest BCUT2D eigenvalue weighted by atomic mass is 35.5. The van der Waals surface area contributed by atoms with Gasteiger partial charge in [0.05, 0.1) is 17.1 Å². The van der Waals surface area contributed by atoms with Gasteiger partial charge in [0.25, 0.3) is 5.91 Å². The van der Waals surface area contributed by atoms with E-state index < -0.39 is 18.1 Å². The van der Waals surface area contributed by atoms with Crippen molar-refractivity contribution in [3.63, 3.8) is 0 Å². The molecule has 0 saturated carbocycles. The van der Waals surface area contributed by atoms with E-state index in [9.17, 15) is 14.4 Å². The number of halogens is 1. The Kier molecular flexibility index (Phi) is 5.52. The Balaban J connectivity index is 2.04. The van der Waals surface area contributed by atoms with Gasteiger partial charge in [-0.25, -0.2) is 0 Å². The van der Waals surface area contributed by atoms with Gasteiger partial charge in [0, 0.05) is 5.56 Å². The zero-order valence-electron chi connectivity index (χ0n) is 13.8. The predicted molar refractivity (Wildman–Crippen MR) is 94.7 cm³/mol. The molecule has 124 valence electrons. The molecular formula is C19H18ClNO3. The molecule has 2 rings (SSSR count). The number of aryl methyl sites for hydroxylation is 3. The highest BCUT2D eigenvalue weighted by Gasteiger charge is 2.20. The summed E-state index contributed by atoms with van der Waals surface area (Å²) in [6.45, 7) is 5.69. The summed E-state index contributed by atoms with van der Waals surface area (Å²) in [5.41, 5.74) is 3.73. The average molecular weight is 344 g/mol. The van der Waals surface area contributed by atoms with Crippen LogP contribution in [-0.4, -0.2) is 17.5 Å². The molecule has 24 heavy (non-hydrogen) atoms. The normalized spacial score (nSPS) is 10.3. The number of ketones is 2. The Bertz CT molecular complexity index is 827. The van der Waals surface area contributed by atoms with Crippen LogP contribution in [-0.2, 0) is 9.59 Å². The molecule has 2 aromatic carbocycles. The van der Waals surface area contributed by atoms with Gasteiger partial charge in [-0.3, -0.25) is 14.4 Å². The molecule has 2 aromatic rings. The quantitative estimate of drug-likeness (QED) is 0.506. The summed E-state index contributed by atoms with van der Waals surface area (Å²) in [5.74, 6) is -2.03. The number of anilines is 1. The number of rotatable bonds is 5. The molecule has 0 saturated heterocycles. The number of benzene rings is 2. The number of amides is 1. The Morgan fingerprint density at radius 3 is 2.29 bits per heavy atom. The van der Waals surface area contributed by atoms with Crippen molar-refractivity contribution in [1.29, 1.82) is 0 Å². The van der Waals surface area contributed by atoms with Crippen molar-refractivity contribution in [3.05, 3.63) is 63.7 Å². The van der Waals surface area contributed by atoms with E-state index in [1.54, 1.807) is 30.3 Å². The number of nitrogens with one attached hydrogen (secondary N) is 1. The summed E-state index contributed by atoms with van der Waals surface area (Å²) in [7, 11) is 0. The topological polar surface area (TPSA) is 63.2 Å². The second kappa shape index (κ2) is 7.41. The fourth-order valence-corrected chi connectivity index (χ4v) is 2.44. The van der Waals surface area contributed by atoms with Crippen molar-refractivity contribution in [2.24, 2.45) is 0 Å². The fourth-order valence-electron chi connectivity index (χ4n) is 2.16. The molecule has 4 nitrogen and oxygen atoms in total. The van der Waals surface area contributed by atoms with E-state index in [1.807, 2.05) is 26.8 Å². The van der Waals surface area contributed by atoms with Crippen molar-refractivity contribution in [2.45, 2.75) is 27.2 Å². The van der Waals surface area contributed by atoms with Crippen LogP contribution in [0.2, 0.25) is 5.02 Å². The van der Waals surface area contributed by atoms with Crippen molar-refractivity contribution < 1.29 is 14.4 Å². The van der Waals surface area contributed by atoms with Crippen molar-refractivity contribution in [2.75, 3.05) is 5.32 Å². The van der Waals surface area contributed by atoms with E-state index in [0.717, 1.165) is 16.7 Å². The lowest BCUT2D eigenvalue weighted by Gasteiger charge is -2.07. The third-order valence-electron chi connectivity index (χ3n) is 3.78. The van der Waals surface area contributed by atoms with Crippen LogP contribution in [0.5, 0.6) is 0 Å². The smallest absolute Gasteiger partial charge is 0.292 e. The first-order valence-corrected chi connectivity index (χ1v) is 7.86. The maximum atomic E-state index is 12.2. The number of hydrogen-bond donors (Lipinski definition) is 1.